The minimum absolute atomic E-state index is 0.113. The zero-order valence-electron chi connectivity index (χ0n) is 12.9. The molecule has 1 N–H and O–H groups in total. The number of rotatable bonds is 4. The molecule has 0 aromatic heterocycles. The lowest BCUT2D eigenvalue weighted by Crippen LogP contribution is -2.45. The van der Waals surface area contributed by atoms with Gasteiger partial charge in [0.05, 0.1) is 0 Å². The van der Waals surface area contributed by atoms with Gasteiger partial charge in [-0.1, -0.05) is 36.4 Å². The molecule has 0 aliphatic carbocycles. The van der Waals surface area contributed by atoms with Crippen molar-refractivity contribution in [1.29, 1.82) is 0 Å². The molecular weight excluding hydrogens is 301 g/mol. The fourth-order valence-corrected chi connectivity index (χ4v) is 3.27. The van der Waals surface area contributed by atoms with Crippen LogP contribution in [0.1, 0.15) is 24.4 Å². The maximum absolute atomic E-state index is 12.7. The average Bonchev–Trinajstić information content (AvgIpc) is 2.55. The lowest BCUT2D eigenvalue weighted by Gasteiger charge is -2.35. The van der Waals surface area contributed by atoms with Crippen molar-refractivity contribution in [2.75, 3.05) is 26.2 Å². The molecule has 0 saturated carbocycles. The van der Waals surface area contributed by atoms with Gasteiger partial charge in [-0.05, 0) is 28.8 Å². The first-order valence-corrected chi connectivity index (χ1v) is 8.03. The number of halogens is 3. The summed E-state index contributed by atoms with van der Waals surface area (Å²) < 4.78 is 38.2. The third-order valence-corrected chi connectivity index (χ3v) is 4.45. The van der Waals surface area contributed by atoms with Crippen LogP contribution in [-0.2, 0) is 0 Å². The Morgan fingerprint density at radius 2 is 1.70 bits per heavy atom. The lowest BCUT2D eigenvalue weighted by atomic mass is 9.96. The molecule has 1 saturated heterocycles. The highest BCUT2D eigenvalue weighted by atomic mass is 19.4. The van der Waals surface area contributed by atoms with E-state index in [9.17, 15) is 13.2 Å². The van der Waals surface area contributed by atoms with Crippen LogP contribution in [0.3, 0.4) is 0 Å². The van der Waals surface area contributed by atoms with Crippen molar-refractivity contribution in [3.05, 3.63) is 48.0 Å². The van der Waals surface area contributed by atoms with Gasteiger partial charge in [-0.3, -0.25) is 4.90 Å². The van der Waals surface area contributed by atoms with E-state index < -0.39 is 12.6 Å². The minimum atomic E-state index is -4.11. The highest BCUT2D eigenvalue weighted by Crippen LogP contribution is 2.33. The molecule has 0 bridgehead atoms. The molecule has 0 radical (unpaired) electrons. The molecule has 1 heterocycles. The van der Waals surface area contributed by atoms with Crippen molar-refractivity contribution in [2.24, 2.45) is 0 Å². The van der Waals surface area contributed by atoms with Gasteiger partial charge in [0.1, 0.15) is 0 Å². The highest BCUT2D eigenvalue weighted by molar-refractivity contribution is 5.83. The monoisotopic (exact) mass is 322 g/mol. The first kappa shape index (κ1) is 16.3. The van der Waals surface area contributed by atoms with Crippen molar-refractivity contribution in [3.8, 4) is 0 Å². The summed E-state index contributed by atoms with van der Waals surface area (Å²) in [4.78, 5) is 2.17. The fraction of sp³-hybridized carbons (Fsp3) is 0.444. The topological polar surface area (TPSA) is 15.3 Å². The first-order chi connectivity index (χ1) is 11.0. The molecule has 1 aliphatic rings. The van der Waals surface area contributed by atoms with E-state index in [-0.39, 0.29) is 12.5 Å². The normalized spacial score (nSPS) is 18.2. The van der Waals surface area contributed by atoms with E-state index in [0.717, 1.165) is 42.5 Å². The number of hydrogen-bond acceptors (Lipinski definition) is 2. The number of fused-ring (bicyclic) bond motifs is 1. The van der Waals surface area contributed by atoms with Gasteiger partial charge < -0.3 is 5.32 Å². The predicted octanol–water partition coefficient (Wildman–Crippen LogP) is 4.13. The SMILES string of the molecule is FC(F)(F)CC[C@@H](c1ccc2ccccc2c1)N1CCNCC1. The Morgan fingerprint density at radius 3 is 2.39 bits per heavy atom. The summed E-state index contributed by atoms with van der Waals surface area (Å²) >= 11 is 0. The van der Waals surface area contributed by atoms with Crippen molar-refractivity contribution in [2.45, 2.75) is 25.1 Å². The van der Waals surface area contributed by atoms with E-state index in [4.69, 9.17) is 0 Å². The molecular formula is C18H21F3N2. The Hall–Kier alpha value is -1.59. The van der Waals surface area contributed by atoms with Gasteiger partial charge in [0.25, 0.3) is 0 Å². The largest absolute Gasteiger partial charge is 0.389 e. The standard InChI is InChI=1S/C18H21F3N2/c19-18(20,21)8-7-17(23-11-9-22-10-12-23)16-6-5-14-3-1-2-4-15(14)13-16/h1-6,13,17,22H,7-12H2/t17-/m0/s1. The number of nitrogens with one attached hydrogen (secondary N) is 1. The maximum atomic E-state index is 12.7. The van der Waals surface area contributed by atoms with E-state index in [1.165, 1.54) is 0 Å². The summed E-state index contributed by atoms with van der Waals surface area (Å²) in [7, 11) is 0. The average molecular weight is 322 g/mol. The predicted molar refractivity (Wildman–Crippen MR) is 86.4 cm³/mol. The van der Waals surface area contributed by atoms with Gasteiger partial charge in [0.2, 0.25) is 0 Å². The van der Waals surface area contributed by atoms with Gasteiger partial charge in [-0.25, -0.2) is 0 Å². The highest BCUT2D eigenvalue weighted by Gasteiger charge is 2.31. The Labute approximate surface area is 134 Å². The molecule has 3 rings (SSSR count). The van der Waals surface area contributed by atoms with Crippen LogP contribution in [0.25, 0.3) is 10.8 Å². The second-order valence-corrected chi connectivity index (χ2v) is 6.06. The second kappa shape index (κ2) is 6.89. The van der Waals surface area contributed by atoms with Crippen LogP contribution in [-0.4, -0.2) is 37.3 Å². The maximum Gasteiger partial charge on any atom is 0.389 e. The van der Waals surface area contributed by atoms with Crippen LogP contribution in [0.15, 0.2) is 42.5 Å². The number of hydrogen-bond donors (Lipinski definition) is 1. The van der Waals surface area contributed by atoms with Crippen LogP contribution in [0.5, 0.6) is 0 Å². The molecule has 0 unspecified atom stereocenters. The molecule has 1 atom stereocenters. The van der Waals surface area contributed by atoms with Crippen LogP contribution in [0.4, 0.5) is 13.2 Å². The summed E-state index contributed by atoms with van der Waals surface area (Å²) in [6, 6.07) is 13.8. The molecule has 1 fully saturated rings. The second-order valence-electron chi connectivity index (χ2n) is 6.06. The Balaban J connectivity index is 1.88. The Morgan fingerprint density at radius 1 is 1.00 bits per heavy atom. The molecule has 0 spiro atoms. The van der Waals surface area contributed by atoms with Gasteiger partial charge in [-0.2, -0.15) is 13.2 Å². The van der Waals surface area contributed by atoms with E-state index in [0.29, 0.717) is 0 Å². The first-order valence-electron chi connectivity index (χ1n) is 8.03. The van der Waals surface area contributed by atoms with Gasteiger partial charge >= 0.3 is 6.18 Å². The van der Waals surface area contributed by atoms with E-state index in [2.05, 4.69) is 10.2 Å². The van der Waals surface area contributed by atoms with E-state index in [1.54, 1.807) is 0 Å². The molecule has 2 aromatic rings. The molecule has 2 aromatic carbocycles. The number of nitrogens with zero attached hydrogens (tertiary/aromatic N) is 1. The molecule has 23 heavy (non-hydrogen) atoms. The van der Waals surface area contributed by atoms with E-state index in [1.807, 2.05) is 42.5 Å². The summed E-state index contributed by atoms with van der Waals surface area (Å²) in [5.41, 5.74) is 0.981. The zero-order chi connectivity index (χ0) is 16.3. The third kappa shape index (κ3) is 4.24. The van der Waals surface area contributed by atoms with Crippen molar-refractivity contribution in [3.63, 3.8) is 0 Å². The fourth-order valence-electron chi connectivity index (χ4n) is 3.27. The summed E-state index contributed by atoms with van der Waals surface area (Å²) in [5.74, 6) is 0. The van der Waals surface area contributed by atoms with Crippen LogP contribution < -0.4 is 5.32 Å². The molecule has 1 aliphatic heterocycles. The number of piperazine rings is 1. The van der Waals surface area contributed by atoms with Crippen molar-refractivity contribution in [1.82, 2.24) is 10.2 Å². The zero-order valence-corrected chi connectivity index (χ0v) is 12.9. The molecule has 5 heteroatoms. The van der Waals surface area contributed by atoms with Gasteiger partial charge in [0, 0.05) is 38.6 Å². The molecule has 2 nitrogen and oxygen atoms in total. The quantitative estimate of drug-likeness (QED) is 0.910. The summed E-state index contributed by atoms with van der Waals surface area (Å²) in [5, 5.41) is 5.46. The minimum Gasteiger partial charge on any atom is -0.314 e. The summed E-state index contributed by atoms with van der Waals surface area (Å²) in [6.07, 6.45) is -4.74. The van der Waals surface area contributed by atoms with Crippen molar-refractivity contribution < 1.29 is 13.2 Å². The number of benzene rings is 2. The molecule has 124 valence electrons. The molecule has 0 amide bonds. The third-order valence-electron chi connectivity index (χ3n) is 4.45. The van der Waals surface area contributed by atoms with Gasteiger partial charge in [-0.15, -0.1) is 0 Å². The smallest absolute Gasteiger partial charge is 0.314 e. The van der Waals surface area contributed by atoms with Crippen LogP contribution in [0.2, 0.25) is 0 Å². The van der Waals surface area contributed by atoms with Crippen molar-refractivity contribution >= 4 is 10.8 Å². The van der Waals surface area contributed by atoms with Crippen LogP contribution >= 0.6 is 0 Å². The Kier molecular flexibility index (Phi) is 4.87. The van der Waals surface area contributed by atoms with Crippen LogP contribution in [0, 0.1) is 0 Å². The number of alkyl halides is 3. The van der Waals surface area contributed by atoms with E-state index >= 15 is 0 Å². The summed E-state index contributed by atoms with van der Waals surface area (Å²) in [6.45, 7) is 3.23. The van der Waals surface area contributed by atoms with Gasteiger partial charge in [0.15, 0.2) is 0 Å². The Bertz CT molecular complexity index is 648. The lowest BCUT2D eigenvalue weighted by molar-refractivity contribution is -0.138.